The summed E-state index contributed by atoms with van der Waals surface area (Å²) >= 11 is 2.02. The van der Waals surface area contributed by atoms with E-state index in [1.165, 1.54) is 11.5 Å². The Morgan fingerprint density at radius 1 is 1.37 bits per heavy atom. The normalized spacial score (nSPS) is 30.2. The van der Waals surface area contributed by atoms with E-state index in [2.05, 4.69) is 6.92 Å². The van der Waals surface area contributed by atoms with Crippen LogP contribution >= 0.6 is 11.8 Å². The Labute approximate surface area is 121 Å². The number of aliphatic hydroxyl groups excluding tert-OH is 1. The van der Waals surface area contributed by atoms with Gasteiger partial charge < -0.3 is 14.6 Å². The lowest BCUT2D eigenvalue weighted by Gasteiger charge is -2.45. The van der Waals surface area contributed by atoms with Crippen LogP contribution in [0, 0.1) is 5.92 Å². The molecular formula is C15H28O3S. The van der Waals surface area contributed by atoms with Crippen LogP contribution in [-0.2, 0) is 9.47 Å². The fourth-order valence-electron chi connectivity index (χ4n) is 3.42. The van der Waals surface area contributed by atoms with Crippen molar-refractivity contribution in [1.82, 2.24) is 0 Å². The third-order valence-electron chi connectivity index (χ3n) is 4.58. The molecule has 0 aromatic heterocycles. The van der Waals surface area contributed by atoms with Crippen LogP contribution in [0.3, 0.4) is 0 Å². The van der Waals surface area contributed by atoms with Crippen molar-refractivity contribution in [2.75, 3.05) is 24.7 Å². The summed E-state index contributed by atoms with van der Waals surface area (Å²) in [5, 5.41) is 10.6. The van der Waals surface area contributed by atoms with Gasteiger partial charge in [-0.25, -0.2) is 0 Å². The van der Waals surface area contributed by atoms with Crippen molar-refractivity contribution in [1.29, 1.82) is 0 Å². The van der Waals surface area contributed by atoms with E-state index in [4.69, 9.17) is 9.47 Å². The SMILES string of the molecule is CCOC(CC)C(O)C1CCOC2(CCSCC2)C1. The number of thioether (sulfide) groups is 1. The van der Waals surface area contributed by atoms with Gasteiger partial charge in [-0.05, 0) is 56.5 Å². The highest BCUT2D eigenvalue weighted by atomic mass is 32.2. The summed E-state index contributed by atoms with van der Waals surface area (Å²) in [6, 6.07) is 0. The molecule has 2 aliphatic rings. The second-order valence-electron chi connectivity index (χ2n) is 5.79. The molecule has 1 spiro atoms. The summed E-state index contributed by atoms with van der Waals surface area (Å²) in [6.07, 6.45) is 4.81. The monoisotopic (exact) mass is 288 g/mol. The molecule has 0 amide bonds. The number of rotatable bonds is 5. The standard InChI is InChI=1S/C15H28O3S/c1-3-13(17-4-2)14(16)12-5-8-18-15(11-12)6-9-19-10-7-15/h12-14,16H,3-11H2,1-2H3. The summed E-state index contributed by atoms with van der Waals surface area (Å²) in [6.45, 7) is 5.57. The lowest BCUT2D eigenvalue weighted by molar-refractivity contribution is -0.142. The summed E-state index contributed by atoms with van der Waals surface area (Å²) in [7, 11) is 0. The van der Waals surface area contributed by atoms with Crippen LogP contribution < -0.4 is 0 Å². The van der Waals surface area contributed by atoms with Crippen molar-refractivity contribution in [3.05, 3.63) is 0 Å². The molecule has 0 radical (unpaired) electrons. The molecule has 0 aromatic rings. The maximum Gasteiger partial charge on any atom is 0.0833 e. The van der Waals surface area contributed by atoms with E-state index in [9.17, 15) is 5.11 Å². The van der Waals surface area contributed by atoms with Crippen molar-refractivity contribution in [3.8, 4) is 0 Å². The number of aliphatic hydroxyl groups is 1. The van der Waals surface area contributed by atoms with Gasteiger partial charge in [-0.2, -0.15) is 11.8 Å². The molecule has 1 N–H and O–H groups in total. The van der Waals surface area contributed by atoms with Crippen LogP contribution in [0.5, 0.6) is 0 Å². The van der Waals surface area contributed by atoms with Gasteiger partial charge in [-0.1, -0.05) is 6.92 Å². The Morgan fingerprint density at radius 2 is 2.11 bits per heavy atom. The molecule has 2 heterocycles. The van der Waals surface area contributed by atoms with Gasteiger partial charge in [0.2, 0.25) is 0 Å². The average molecular weight is 288 g/mol. The molecule has 2 aliphatic heterocycles. The Kier molecular flexibility index (Phi) is 6.00. The first-order valence-corrected chi connectivity index (χ1v) is 8.87. The van der Waals surface area contributed by atoms with E-state index in [0.29, 0.717) is 12.5 Å². The number of ether oxygens (including phenoxy) is 2. The highest BCUT2D eigenvalue weighted by Crippen LogP contribution is 2.41. The second kappa shape index (κ2) is 7.30. The number of hydrogen-bond acceptors (Lipinski definition) is 4. The summed E-state index contributed by atoms with van der Waals surface area (Å²) in [5.41, 5.74) is 0.0552. The van der Waals surface area contributed by atoms with Crippen molar-refractivity contribution in [3.63, 3.8) is 0 Å². The maximum absolute atomic E-state index is 10.6. The molecule has 0 aliphatic carbocycles. The second-order valence-corrected chi connectivity index (χ2v) is 7.01. The van der Waals surface area contributed by atoms with Gasteiger partial charge in [0, 0.05) is 13.2 Å². The van der Waals surface area contributed by atoms with Crippen molar-refractivity contribution >= 4 is 11.8 Å². The van der Waals surface area contributed by atoms with E-state index in [1.807, 2.05) is 18.7 Å². The molecule has 2 fully saturated rings. The molecule has 4 heteroatoms. The Hall–Kier alpha value is 0.230. The zero-order chi connectivity index (χ0) is 13.7. The highest BCUT2D eigenvalue weighted by Gasteiger charge is 2.42. The molecule has 2 rings (SSSR count). The molecule has 3 unspecified atom stereocenters. The molecule has 0 saturated carbocycles. The van der Waals surface area contributed by atoms with Gasteiger partial charge in [0.05, 0.1) is 17.8 Å². The Morgan fingerprint density at radius 3 is 2.74 bits per heavy atom. The Balaban J connectivity index is 1.95. The van der Waals surface area contributed by atoms with Crippen molar-refractivity contribution in [2.45, 2.75) is 63.8 Å². The maximum atomic E-state index is 10.6. The first-order chi connectivity index (χ1) is 9.21. The quantitative estimate of drug-likeness (QED) is 0.844. The topological polar surface area (TPSA) is 38.7 Å². The van der Waals surface area contributed by atoms with E-state index in [-0.39, 0.29) is 17.8 Å². The Bertz CT molecular complexity index is 261. The van der Waals surface area contributed by atoms with E-state index < -0.39 is 0 Å². The summed E-state index contributed by atoms with van der Waals surface area (Å²) < 4.78 is 11.8. The predicted molar refractivity (Wildman–Crippen MR) is 79.7 cm³/mol. The van der Waals surface area contributed by atoms with E-state index in [1.54, 1.807) is 0 Å². The molecule has 112 valence electrons. The minimum absolute atomic E-state index is 0.0110. The number of hydrogen-bond donors (Lipinski definition) is 1. The lowest BCUT2D eigenvalue weighted by Crippen LogP contribution is -2.48. The largest absolute Gasteiger partial charge is 0.390 e. The van der Waals surface area contributed by atoms with Gasteiger partial charge in [0.25, 0.3) is 0 Å². The van der Waals surface area contributed by atoms with E-state index >= 15 is 0 Å². The van der Waals surface area contributed by atoms with Crippen LogP contribution in [-0.4, -0.2) is 47.6 Å². The first kappa shape index (κ1) is 15.6. The predicted octanol–water partition coefficient (Wildman–Crippen LogP) is 2.85. The smallest absolute Gasteiger partial charge is 0.0833 e. The molecule has 3 nitrogen and oxygen atoms in total. The first-order valence-electron chi connectivity index (χ1n) is 7.72. The molecule has 2 saturated heterocycles. The minimum atomic E-state index is -0.333. The van der Waals surface area contributed by atoms with E-state index in [0.717, 1.165) is 38.7 Å². The van der Waals surface area contributed by atoms with Gasteiger partial charge >= 0.3 is 0 Å². The zero-order valence-corrected chi connectivity index (χ0v) is 13.1. The van der Waals surface area contributed by atoms with Gasteiger partial charge in [0.1, 0.15) is 0 Å². The fourth-order valence-corrected chi connectivity index (χ4v) is 4.66. The van der Waals surface area contributed by atoms with Crippen LogP contribution in [0.4, 0.5) is 0 Å². The van der Waals surface area contributed by atoms with Crippen LogP contribution in [0.15, 0.2) is 0 Å². The molecule has 0 bridgehead atoms. The third-order valence-corrected chi connectivity index (χ3v) is 5.57. The molecular weight excluding hydrogens is 260 g/mol. The van der Waals surface area contributed by atoms with Crippen LogP contribution in [0.2, 0.25) is 0 Å². The highest BCUT2D eigenvalue weighted by molar-refractivity contribution is 7.99. The zero-order valence-electron chi connectivity index (χ0n) is 12.3. The summed E-state index contributed by atoms with van der Waals surface area (Å²) in [4.78, 5) is 0. The summed E-state index contributed by atoms with van der Waals surface area (Å²) in [5.74, 6) is 2.74. The average Bonchev–Trinajstić information content (AvgIpc) is 2.45. The van der Waals surface area contributed by atoms with Crippen LogP contribution in [0.1, 0.15) is 46.0 Å². The van der Waals surface area contributed by atoms with Gasteiger partial charge in [-0.3, -0.25) is 0 Å². The van der Waals surface area contributed by atoms with Gasteiger partial charge in [0.15, 0.2) is 0 Å². The molecule has 3 atom stereocenters. The van der Waals surface area contributed by atoms with Crippen molar-refractivity contribution in [2.24, 2.45) is 5.92 Å². The van der Waals surface area contributed by atoms with Crippen LogP contribution in [0.25, 0.3) is 0 Å². The third kappa shape index (κ3) is 3.87. The molecule has 19 heavy (non-hydrogen) atoms. The van der Waals surface area contributed by atoms with Gasteiger partial charge in [-0.15, -0.1) is 0 Å². The minimum Gasteiger partial charge on any atom is -0.390 e. The fraction of sp³-hybridized carbons (Fsp3) is 1.00. The molecule has 0 aromatic carbocycles. The lowest BCUT2D eigenvalue weighted by atomic mass is 9.78. The van der Waals surface area contributed by atoms with Crippen molar-refractivity contribution < 1.29 is 14.6 Å².